The highest BCUT2D eigenvalue weighted by Crippen LogP contribution is 2.20. The van der Waals surface area contributed by atoms with Crippen LogP contribution in [0.15, 0.2) is 12.2 Å². The summed E-state index contributed by atoms with van der Waals surface area (Å²) in [6, 6.07) is 0. The lowest BCUT2D eigenvalue weighted by atomic mass is 9.96. The average Bonchev–Trinajstić information content (AvgIpc) is 1.98. The zero-order valence-electron chi connectivity index (χ0n) is 10.1. The fourth-order valence-electron chi connectivity index (χ4n) is 1.73. The maximum Gasteiger partial charge on any atom is 0.313 e. The van der Waals surface area contributed by atoms with Crippen LogP contribution >= 0.6 is 0 Å². The van der Waals surface area contributed by atoms with Gasteiger partial charge >= 0.3 is 5.97 Å². The van der Waals surface area contributed by atoms with Gasteiger partial charge in [-0.15, -0.1) is 0 Å². The maximum atomic E-state index is 11.8. The Bertz CT molecular complexity index is 235. The fraction of sp³-hybridized carbons (Fsp3) is 0.769. The third-order valence-corrected chi connectivity index (χ3v) is 2.46. The molecule has 15 heavy (non-hydrogen) atoms. The molecule has 1 aliphatic carbocycles. The van der Waals surface area contributed by atoms with Gasteiger partial charge in [0.2, 0.25) is 0 Å². The first-order valence-electron chi connectivity index (χ1n) is 5.88. The van der Waals surface area contributed by atoms with E-state index in [1.54, 1.807) is 0 Å². The zero-order chi connectivity index (χ0) is 11.3. The molecule has 2 nitrogen and oxygen atoms in total. The predicted molar refractivity (Wildman–Crippen MR) is 61.6 cm³/mol. The molecule has 0 saturated carbocycles. The predicted octanol–water partition coefficient (Wildman–Crippen LogP) is 3.46. The highest BCUT2D eigenvalue weighted by molar-refractivity contribution is 5.74. The Morgan fingerprint density at radius 1 is 1.27 bits per heavy atom. The van der Waals surface area contributed by atoms with Crippen molar-refractivity contribution >= 4 is 5.97 Å². The van der Waals surface area contributed by atoms with Gasteiger partial charge in [-0.1, -0.05) is 25.0 Å². The van der Waals surface area contributed by atoms with E-state index in [2.05, 4.69) is 6.08 Å². The van der Waals surface area contributed by atoms with Crippen molar-refractivity contribution in [2.24, 2.45) is 5.92 Å². The molecule has 1 rings (SSSR count). The second-order valence-electron chi connectivity index (χ2n) is 5.21. The van der Waals surface area contributed by atoms with E-state index in [1.165, 1.54) is 12.8 Å². The minimum absolute atomic E-state index is 0.0236. The van der Waals surface area contributed by atoms with Gasteiger partial charge in [0.1, 0.15) is 5.60 Å². The number of ether oxygens (including phenoxy) is 1. The lowest BCUT2D eigenvalue weighted by Crippen LogP contribution is -2.28. The third kappa shape index (κ3) is 5.01. The number of esters is 1. The topological polar surface area (TPSA) is 26.3 Å². The van der Waals surface area contributed by atoms with Crippen LogP contribution in [0, 0.1) is 5.92 Å². The Balaban J connectivity index is 2.52. The molecule has 0 aliphatic heterocycles. The van der Waals surface area contributed by atoms with E-state index in [9.17, 15) is 4.79 Å². The monoisotopic (exact) mass is 210 g/mol. The van der Waals surface area contributed by atoms with E-state index in [4.69, 9.17) is 4.74 Å². The molecule has 1 atom stereocenters. The van der Waals surface area contributed by atoms with Crippen LogP contribution in [-0.4, -0.2) is 11.6 Å². The molecule has 0 fully saturated rings. The zero-order valence-corrected chi connectivity index (χ0v) is 10.1. The summed E-state index contributed by atoms with van der Waals surface area (Å²) in [5.41, 5.74) is -0.368. The van der Waals surface area contributed by atoms with E-state index in [1.807, 2.05) is 26.8 Å². The second kappa shape index (κ2) is 5.34. The summed E-state index contributed by atoms with van der Waals surface area (Å²) in [6.07, 6.45) is 9.78. The van der Waals surface area contributed by atoms with Gasteiger partial charge in [0, 0.05) is 0 Å². The van der Waals surface area contributed by atoms with Crippen molar-refractivity contribution < 1.29 is 9.53 Å². The first-order valence-corrected chi connectivity index (χ1v) is 5.88. The molecule has 86 valence electrons. The largest absolute Gasteiger partial charge is 0.460 e. The highest BCUT2D eigenvalue weighted by atomic mass is 16.6. The Hall–Kier alpha value is -0.790. The maximum absolute atomic E-state index is 11.8. The number of hydrogen-bond donors (Lipinski definition) is 0. The van der Waals surface area contributed by atoms with Crippen LogP contribution in [0.4, 0.5) is 0 Å². The lowest BCUT2D eigenvalue weighted by Gasteiger charge is -2.23. The van der Waals surface area contributed by atoms with E-state index in [0.717, 1.165) is 19.3 Å². The van der Waals surface area contributed by atoms with Gasteiger partial charge in [0.05, 0.1) is 5.92 Å². The summed E-state index contributed by atoms with van der Waals surface area (Å²) in [6.45, 7) is 5.74. The van der Waals surface area contributed by atoms with Gasteiger partial charge in [-0.2, -0.15) is 0 Å². The van der Waals surface area contributed by atoms with Crippen LogP contribution in [0.3, 0.4) is 0 Å². The molecule has 1 unspecified atom stereocenters. The Kier molecular flexibility index (Phi) is 4.37. The van der Waals surface area contributed by atoms with E-state index >= 15 is 0 Å². The van der Waals surface area contributed by atoms with Crippen molar-refractivity contribution in [3.8, 4) is 0 Å². The number of hydrogen-bond acceptors (Lipinski definition) is 2. The van der Waals surface area contributed by atoms with Gasteiger partial charge in [-0.3, -0.25) is 4.79 Å². The van der Waals surface area contributed by atoms with Gasteiger partial charge in [0.15, 0.2) is 0 Å². The van der Waals surface area contributed by atoms with Gasteiger partial charge in [-0.25, -0.2) is 0 Å². The molecular weight excluding hydrogens is 188 g/mol. The minimum atomic E-state index is -0.368. The molecule has 0 aromatic rings. The normalized spacial score (nSPS) is 25.1. The van der Waals surface area contributed by atoms with Gasteiger partial charge < -0.3 is 4.74 Å². The van der Waals surface area contributed by atoms with Crippen molar-refractivity contribution in [2.75, 3.05) is 0 Å². The summed E-state index contributed by atoms with van der Waals surface area (Å²) >= 11 is 0. The molecule has 0 aromatic carbocycles. The van der Waals surface area contributed by atoms with Crippen molar-refractivity contribution in [1.29, 1.82) is 0 Å². The Labute approximate surface area is 92.7 Å². The summed E-state index contributed by atoms with van der Waals surface area (Å²) in [7, 11) is 0. The van der Waals surface area contributed by atoms with Crippen molar-refractivity contribution in [3.63, 3.8) is 0 Å². The van der Waals surface area contributed by atoms with Crippen LogP contribution in [0.25, 0.3) is 0 Å². The molecule has 0 saturated heterocycles. The SMILES string of the molecule is CC(C)(C)OC(=O)C1/C=C\CCCCC1. The molecule has 0 spiro atoms. The van der Waals surface area contributed by atoms with Gasteiger partial charge in [-0.05, 0) is 40.0 Å². The average molecular weight is 210 g/mol. The third-order valence-electron chi connectivity index (χ3n) is 2.46. The highest BCUT2D eigenvalue weighted by Gasteiger charge is 2.23. The van der Waals surface area contributed by atoms with Crippen LogP contribution in [0.5, 0.6) is 0 Å². The van der Waals surface area contributed by atoms with E-state index in [-0.39, 0.29) is 17.5 Å². The minimum Gasteiger partial charge on any atom is -0.460 e. The molecule has 0 heterocycles. The quantitative estimate of drug-likeness (QED) is 0.489. The Morgan fingerprint density at radius 2 is 2.00 bits per heavy atom. The molecule has 0 bridgehead atoms. The second-order valence-corrected chi connectivity index (χ2v) is 5.21. The molecular formula is C13H22O2. The summed E-state index contributed by atoms with van der Waals surface area (Å²) in [5.74, 6) is -0.0924. The summed E-state index contributed by atoms with van der Waals surface area (Å²) in [5, 5.41) is 0. The smallest absolute Gasteiger partial charge is 0.313 e. The van der Waals surface area contributed by atoms with Crippen LogP contribution in [0.2, 0.25) is 0 Å². The number of carbonyl (C=O) groups is 1. The molecule has 2 heteroatoms. The van der Waals surface area contributed by atoms with Crippen molar-refractivity contribution in [2.45, 2.75) is 58.5 Å². The fourth-order valence-corrected chi connectivity index (χ4v) is 1.73. The van der Waals surface area contributed by atoms with E-state index < -0.39 is 0 Å². The van der Waals surface area contributed by atoms with Crippen LogP contribution in [-0.2, 0) is 9.53 Å². The van der Waals surface area contributed by atoms with E-state index in [0.29, 0.717) is 0 Å². The molecule has 0 N–H and O–H groups in total. The number of rotatable bonds is 1. The van der Waals surface area contributed by atoms with Crippen molar-refractivity contribution in [3.05, 3.63) is 12.2 Å². The summed E-state index contributed by atoms with van der Waals surface area (Å²) < 4.78 is 5.38. The summed E-state index contributed by atoms with van der Waals surface area (Å²) in [4.78, 5) is 11.8. The lowest BCUT2D eigenvalue weighted by molar-refractivity contribution is -0.158. The molecule has 0 amide bonds. The first-order chi connectivity index (χ1) is 6.99. The van der Waals surface area contributed by atoms with Gasteiger partial charge in [0.25, 0.3) is 0 Å². The number of allylic oxidation sites excluding steroid dienone is 1. The van der Waals surface area contributed by atoms with Crippen LogP contribution in [0.1, 0.15) is 52.9 Å². The van der Waals surface area contributed by atoms with Crippen LogP contribution < -0.4 is 0 Å². The first kappa shape index (κ1) is 12.3. The Morgan fingerprint density at radius 3 is 2.67 bits per heavy atom. The number of carbonyl (C=O) groups excluding carboxylic acids is 1. The molecule has 1 aliphatic rings. The van der Waals surface area contributed by atoms with Crippen molar-refractivity contribution in [1.82, 2.24) is 0 Å². The molecule has 0 aromatic heterocycles. The standard InChI is InChI=1S/C13H22O2/c1-13(2,3)15-12(14)11-9-7-5-4-6-8-10-11/h7,9,11H,4-6,8,10H2,1-3H3/b9-7-. The molecule has 0 radical (unpaired) electrons.